The van der Waals surface area contributed by atoms with Gasteiger partial charge in [-0.05, 0) is 84.8 Å². The Bertz CT molecular complexity index is 708. The molecule has 0 aliphatic heterocycles. The summed E-state index contributed by atoms with van der Waals surface area (Å²) in [5.74, 6) is 0. The van der Waals surface area contributed by atoms with Crippen molar-refractivity contribution in [1.82, 2.24) is 0 Å². The molecule has 0 fully saturated rings. The zero-order valence-corrected chi connectivity index (χ0v) is 15.8. The third-order valence-electron chi connectivity index (χ3n) is 6.04. The summed E-state index contributed by atoms with van der Waals surface area (Å²) in [6.07, 6.45) is 13.1. The summed E-state index contributed by atoms with van der Waals surface area (Å²) in [6, 6.07) is 22.4. The molecule has 0 unspecified atom stereocenters. The summed E-state index contributed by atoms with van der Waals surface area (Å²) in [6.45, 7) is 0. The molecular weight excluding hydrogens is 312 g/mol. The van der Waals surface area contributed by atoms with Gasteiger partial charge in [0.15, 0.2) is 0 Å². The molecule has 0 heteroatoms. The van der Waals surface area contributed by atoms with Crippen LogP contribution in [0.25, 0.3) is 11.1 Å². The third kappa shape index (κ3) is 3.85. The highest BCUT2D eigenvalue weighted by Gasteiger charge is 2.21. The Morgan fingerprint density at radius 2 is 0.692 bits per heavy atom. The zero-order valence-electron chi connectivity index (χ0n) is 15.8. The van der Waals surface area contributed by atoms with Gasteiger partial charge in [-0.25, -0.2) is 0 Å². The second kappa shape index (κ2) is 8.54. The Balaban J connectivity index is 1.88. The second-order valence-corrected chi connectivity index (χ2v) is 7.77. The molecule has 0 spiro atoms. The van der Waals surface area contributed by atoms with Crippen LogP contribution in [-0.2, 0) is 0 Å². The van der Waals surface area contributed by atoms with Crippen molar-refractivity contribution < 1.29 is 0 Å². The van der Waals surface area contributed by atoms with Crippen molar-refractivity contribution >= 4 is 11.1 Å². The summed E-state index contributed by atoms with van der Waals surface area (Å²) in [4.78, 5) is 0. The lowest BCUT2D eigenvalue weighted by Crippen LogP contribution is -1.99. The minimum Gasteiger partial charge on any atom is -0.0622 e. The maximum atomic E-state index is 2.32. The molecule has 4 rings (SSSR count). The molecule has 0 atom stereocenters. The van der Waals surface area contributed by atoms with E-state index in [9.17, 15) is 0 Å². The fourth-order valence-electron chi connectivity index (χ4n) is 4.75. The molecule has 2 aromatic carbocycles. The van der Waals surface area contributed by atoms with Crippen molar-refractivity contribution in [2.24, 2.45) is 0 Å². The number of allylic oxidation sites excluding steroid dienone is 4. The van der Waals surface area contributed by atoms with Crippen LogP contribution in [0.5, 0.6) is 0 Å². The molecule has 0 nitrogen and oxygen atoms in total. The molecule has 0 N–H and O–H groups in total. The highest BCUT2D eigenvalue weighted by molar-refractivity contribution is 5.80. The average molecular weight is 343 g/mol. The fraction of sp³-hybridized carbons (Fsp3) is 0.385. The second-order valence-electron chi connectivity index (χ2n) is 7.77. The van der Waals surface area contributed by atoms with Crippen molar-refractivity contribution in [2.45, 2.75) is 64.2 Å². The standard InChI is InChI=1S/C26H30/c1-5-13-21(14-6-1)23-17-9-3-11-19-25(23)26-20-12-4-10-18-24(26)22-15-7-2-8-16-22/h1-2,5-8,13-16H,3-4,9-12,17-20H2. The molecule has 0 amide bonds. The molecular formula is C26H30. The van der Waals surface area contributed by atoms with Gasteiger partial charge >= 0.3 is 0 Å². The van der Waals surface area contributed by atoms with Gasteiger partial charge in [-0.15, -0.1) is 0 Å². The predicted octanol–water partition coefficient (Wildman–Crippen LogP) is 7.82. The molecule has 2 aliphatic carbocycles. The molecule has 0 saturated heterocycles. The van der Waals surface area contributed by atoms with E-state index >= 15 is 0 Å². The minimum atomic E-state index is 1.24. The summed E-state index contributed by atoms with van der Waals surface area (Å²) < 4.78 is 0. The van der Waals surface area contributed by atoms with E-state index in [1.165, 1.54) is 75.3 Å². The van der Waals surface area contributed by atoms with Gasteiger partial charge in [0, 0.05) is 0 Å². The van der Waals surface area contributed by atoms with Gasteiger partial charge in [0.25, 0.3) is 0 Å². The summed E-state index contributed by atoms with van der Waals surface area (Å²) in [7, 11) is 0. The van der Waals surface area contributed by atoms with Crippen LogP contribution in [-0.4, -0.2) is 0 Å². The fourth-order valence-corrected chi connectivity index (χ4v) is 4.75. The zero-order chi connectivity index (χ0) is 17.6. The van der Waals surface area contributed by atoms with Gasteiger partial charge in [0.05, 0.1) is 0 Å². The number of hydrogen-bond donors (Lipinski definition) is 0. The largest absolute Gasteiger partial charge is 0.0622 e. The van der Waals surface area contributed by atoms with Crippen LogP contribution in [0.15, 0.2) is 71.8 Å². The van der Waals surface area contributed by atoms with E-state index in [1.807, 2.05) is 0 Å². The summed E-state index contributed by atoms with van der Waals surface area (Å²) in [5, 5.41) is 0. The van der Waals surface area contributed by atoms with Crippen LogP contribution in [0.3, 0.4) is 0 Å². The SMILES string of the molecule is c1ccc(C2=C(C3=C(c4ccccc4)CCCCC3)CCCCC2)cc1. The van der Waals surface area contributed by atoms with Crippen molar-refractivity contribution in [3.8, 4) is 0 Å². The van der Waals surface area contributed by atoms with Crippen LogP contribution in [0.2, 0.25) is 0 Å². The molecule has 0 saturated carbocycles. The Hall–Kier alpha value is -2.08. The topological polar surface area (TPSA) is 0 Å². The van der Waals surface area contributed by atoms with Gasteiger partial charge in [-0.2, -0.15) is 0 Å². The molecule has 0 radical (unpaired) electrons. The monoisotopic (exact) mass is 342 g/mol. The smallest absolute Gasteiger partial charge is 0.0222 e. The molecule has 2 aliphatic rings. The molecule has 0 aromatic heterocycles. The molecule has 2 aromatic rings. The van der Waals surface area contributed by atoms with Crippen molar-refractivity contribution in [3.05, 3.63) is 82.9 Å². The quantitative estimate of drug-likeness (QED) is 0.533. The Kier molecular flexibility index (Phi) is 5.69. The van der Waals surface area contributed by atoms with E-state index in [-0.39, 0.29) is 0 Å². The maximum Gasteiger partial charge on any atom is -0.0222 e. The molecule has 134 valence electrons. The molecule has 0 heterocycles. The van der Waals surface area contributed by atoms with E-state index < -0.39 is 0 Å². The van der Waals surface area contributed by atoms with Gasteiger partial charge in [0.1, 0.15) is 0 Å². The average Bonchev–Trinajstić information content (AvgIpc) is 3.10. The highest BCUT2D eigenvalue weighted by atomic mass is 14.3. The summed E-state index contributed by atoms with van der Waals surface area (Å²) in [5.41, 5.74) is 9.55. The Morgan fingerprint density at radius 1 is 0.346 bits per heavy atom. The lowest BCUT2D eigenvalue weighted by atomic mass is 9.85. The molecule has 0 bridgehead atoms. The van der Waals surface area contributed by atoms with E-state index in [0.29, 0.717) is 0 Å². The normalized spacial score (nSPS) is 19.2. The van der Waals surface area contributed by atoms with Crippen molar-refractivity contribution in [3.63, 3.8) is 0 Å². The first kappa shape index (κ1) is 17.3. The van der Waals surface area contributed by atoms with Crippen LogP contribution in [0.1, 0.15) is 75.3 Å². The lowest BCUT2D eigenvalue weighted by Gasteiger charge is -2.20. The van der Waals surface area contributed by atoms with Gasteiger partial charge in [-0.1, -0.05) is 73.5 Å². The Morgan fingerprint density at radius 3 is 1.08 bits per heavy atom. The van der Waals surface area contributed by atoms with Crippen molar-refractivity contribution in [2.75, 3.05) is 0 Å². The number of rotatable bonds is 3. The predicted molar refractivity (Wildman–Crippen MR) is 113 cm³/mol. The van der Waals surface area contributed by atoms with E-state index in [4.69, 9.17) is 0 Å². The summed E-state index contributed by atoms with van der Waals surface area (Å²) >= 11 is 0. The van der Waals surface area contributed by atoms with Crippen LogP contribution < -0.4 is 0 Å². The van der Waals surface area contributed by atoms with Gasteiger partial charge in [-0.3, -0.25) is 0 Å². The first-order chi connectivity index (χ1) is 12.9. The van der Waals surface area contributed by atoms with E-state index in [2.05, 4.69) is 60.7 Å². The van der Waals surface area contributed by atoms with Crippen molar-refractivity contribution in [1.29, 1.82) is 0 Å². The van der Waals surface area contributed by atoms with Crippen LogP contribution in [0, 0.1) is 0 Å². The van der Waals surface area contributed by atoms with Gasteiger partial charge < -0.3 is 0 Å². The highest BCUT2D eigenvalue weighted by Crippen LogP contribution is 2.42. The Labute approximate surface area is 158 Å². The number of benzene rings is 2. The van der Waals surface area contributed by atoms with E-state index in [1.54, 1.807) is 22.3 Å². The van der Waals surface area contributed by atoms with Crippen LogP contribution >= 0.6 is 0 Å². The lowest BCUT2D eigenvalue weighted by molar-refractivity contribution is 0.700. The first-order valence-corrected chi connectivity index (χ1v) is 10.5. The number of hydrogen-bond acceptors (Lipinski definition) is 0. The maximum absolute atomic E-state index is 2.32. The minimum absolute atomic E-state index is 1.24. The third-order valence-corrected chi connectivity index (χ3v) is 6.04. The first-order valence-electron chi connectivity index (χ1n) is 10.5. The molecule has 26 heavy (non-hydrogen) atoms. The van der Waals surface area contributed by atoms with Gasteiger partial charge in [0.2, 0.25) is 0 Å². The van der Waals surface area contributed by atoms with E-state index in [0.717, 1.165) is 0 Å². The van der Waals surface area contributed by atoms with Crippen LogP contribution in [0.4, 0.5) is 0 Å².